The lowest BCUT2D eigenvalue weighted by Crippen LogP contribution is -2.48. The maximum Gasteiger partial charge on any atom is 0.193 e. The molecule has 1 fully saturated rings. The number of nitrogens with zero attached hydrogens (tertiary/aromatic N) is 6. The third kappa shape index (κ3) is 5.18. The molecule has 138 valence electrons. The van der Waals surface area contributed by atoms with Gasteiger partial charge in [0.25, 0.3) is 0 Å². The summed E-state index contributed by atoms with van der Waals surface area (Å²) in [5.41, 5.74) is 2.32. The smallest absolute Gasteiger partial charge is 0.193 e. The third-order valence-corrected chi connectivity index (χ3v) is 4.13. The van der Waals surface area contributed by atoms with Crippen LogP contribution in [0.1, 0.15) is 17.2 Å². The quantitative estimate of drug-likeness (QED) is 0.419. The van der Waals surface area contributed by atoms with E-state index in [1.807, 2.05) is 50.6 Å². The predicted molar refractivity (Wildman–Crippen MR) is 107 cm³/mol. The molecule has 0 amide bonds. The average molecular weight is 459 g/mol. The monoisotopic (exact) mass is 459 g/mol. The number of guanidine groups is 1. The second-order valence-corrected chi connectivity index (χ2v) is 6.00. The molecule has 0 radical (unpaired) electrons. The number of hydrogen-bond acceptors (Lipinski definition) is 4. The molecule has 1 aliphatic rings. The van der Waals surface area contributed by atoms with Crippen molar-refractivity contribution in [3.63, 3.8) is 0 Å². The third-order valence-electron chi connectivity index (χ3n) is 4.13. The Balaban J connectivity index is 0.00000225. The number of hydrogen-bond donors (Lipinski definition) is 1. The van der Waals surface area contributed by atoms with Crippen LogP contribution >= 0.6 is 24.0 Å². The second kappa shape index (κ2) is 9.18. The normalized spacial score (nSPS) is 18.1. The molecular weight excluding hydrogens is 433 g/mol. The zero-order valence-corrected chi connectivity index (χ0v) is 17.3. The summed E-state index contributed by atoms with van der Waals surface area (Å²) < 4.78 is 9.52. The molecule has 1 atom stereocenters. The highest BCUT2D eigenvalue weighted by Crippen LogP contribution is 2.21. The summed E-state index contributed by atoms with van der Waals surface area (Å²) in [4.78, 5) is 6.66. The molecule has 9 heteroatoms. The maximum absolute atomic E-state index is 5.89. The van der Waals surface area contributed by atoms with Crippen molar-refractivity contribution in [1.82, 2.24) is 29.8 Å². The van der Waals surface area contributed by atoms with Gasteiger partial charge in [-0.05, 0) is 12.0 Å². The zero-order valence-electron chi connectivity index (χ0n) is 14.9. The van der Waals surface area contributed by atoms with Gasteiger partial charge < -0.3 is 15.0 Å². The minimum absolute atomic E-state index is 0. The predicted octanol–water partition coefficient (Wildman–Crippen LogP) is 0.963. The van der Waals surface area contributed by atoms with Crippen molar-refractivity contribution in [2.75, 3.05) is 33.3 Å². The molecule has 25 heavy (non-hydrogen) atoms. The highest BCUT2D eigenvalue weighted by molar-refractivity contribution is 14.0. The van der Waals surface area contributed by atoms with Gasteiger partial charge in [-0.2, -0.15) is 10.2 Å². The largest absolute Gasteiger partial charge is 0.370 e. The number of aromatic nitrogens is 4. The van der Waals surface area contributed by atoms with Gasteiger partial charge in [0.05, 0.1) is 25.5 Å². The molecule has 3 heterocycles. The molecular formula is C16H26IN7O. The van der Waals surface area contributed by atoms with E-state index in [1.54, 1.807) is 4.68 Å². The van der Waals surface area contributed by atoms with E-state index in [0.29, 0.717) is 6.61 Å². The number of halogens is 1. The van der Waals surface area contributed by atoms with Crippen molar-refractivity contribution in [3.8, 4) is 0 Å². The standard InChI is InChI=1S/C16H25N7O.HI/c1-17-16(18-5-4-13-8-19-21(2)10-13)23-6-7-24-15(12-23)14-9-20-22(3)11-14;/h8-11,15H,4-7,12H2,1-3H3,(H,17,18);1H. The summed E-state index contributed by atoms with van der Waals surface area (Å²) in [5, 5.41) is 11.9. The Morgan fingerprint density at radius 2 is 2.04 bits per heavy atom. The Morgan fingerprint density at radius 1 is 1.28 bits per heavy atom. The van der Waals surface area contributed by atoms with E-state index in [-0.39, 0.29) is 30.1 Å². The van der Waals surface area contributed by atoms with E-state index in [4.69, 9.17) is 4.74 Å². The fourth-order valence-electron chi connectivity index (χ4n) is 2.90. The number of ether oxygens (including phenoxy) is 1. The zero-order chi connectivity index (χ0) is 16.9. The molecule has 2 aromatic rings. The van der Waals surface area contributed by atoms with Crippen molar-refractivity contribution in [3.05, 3.63) is 35.9 Å². The van der Waals surface area contributed by atoms with Gasteiger partial charge in [-0.3, -0.25) is 14.4 Å². The van der Waals surface area contributed by atoms with Crippen LogP contribution in [-0.4, -0.2) is 63.7 Å². The lowest BCUT2D eigenvalue weighted by Gasteiger charge is -2.34. The first-order valence-corrected chi connectivity index (χ1v) is 8.19. The summed E-state index contributed by atoms with van der Waals surface area (Å²) in [6.07, 6.45) is 8.77. The van der Waals surface area contributed by atoms with Crippen LogP contribution in [0.5, 0.6) is 0 Å². The van der Waals surface area contributed by atoms with E-state index in [2.05, 4.69) is 25.4 Å². The first-order valence-electron chi connectivity index (χ1n) is 8.19. The minimum atomic E-state index is 0. The van der Waals surface area contributed by atoms with Gasteiger partial charge in [-0.25, -0.2) is 0 Å². The topological polar surface area (TPSA) is 72.5 Å². The van der Waals surface area contributed by atoms with Crippen molar-refractivity contribution in [2.45, 2.75) is 12.5 Å². The van der Waals surface area contributed by atoms with Crippen LogP contribution in [0.15, 0.2) is 29.8 Å². The van der Waals surface area contributed by atoms with Crippen LogP contribution in [-0.2, 0) is 25.3 Å². The van der Waals surface area contributed by atoms with Crippen molar-refractivity contribution >= 4 is 29.9 Å². The molecule has 1 aliphatic heterocycles. The molecule has 0 saturated carbocycles. The number of morpholine rings is 1. The van der Waals surface area contributed by atoms with Crippen LogP contribution < -0.4 is 5.32 Å². The number of aliphatic imine (C=N–C) groups is 1. The first-order chi connectivity index (χ1) is 11.7. The molecule has 0 aliphatic carbocycles. The average Bonchev–Trinajstić information content (AvgIpc) is 3.20. The highest BCUT2D eigenvalue weighted by atomic mass is 127. The number of nitrogens with one attached hydrogen (secondary N) is 1. The summed E-state index contributed by atoms with van der Waals surface area (Å²) in [7, 11) is 5.67. The molecule has 1 unspecified atom stereocenters. The number of rotatable bonds is 4. The Kier molecular flexibility index (Phi) is 7.24. The molecule has 0 bridgehead atoms. The second-order valence-electron chi connectivity index (χ2n) is 6.00. The van der Waals surface area contributed by atoms with Gasteiger partial charge in [0.2, 0.25) is 0 Å². The maximum atomic E-state index is 5.89. The van der Waals surface area contributed by atoms with E-state index < -0.39 is 0 Å². The van der Waals surface area contributed by atoms with Crippen LogP contribution in [0.25, 0.3) is 0 Å². The van der Waals surface area contributed by atoms with Crippen LogP contribution in [0, 0.1) is 0 Å². The molecule has 8 nitrogen and oxygen atoms in total. The van der Waals surface area contributed by atoms with Crippen LogP contribution in [0.4, 0.5) is 0 Å². The van der Waals surface area contributed by atoms with E-state index >= 15 is 0 Å². The molecule has 2 aromatic heterocycles. The van der Waals surface area contributed by atoms with E-state index in [1.165, 1.54) is 5.56 Å². The Hall–Kier alpha value is -1.62. The Bertz CT molecular complexity index is 696. The van der Waals surface area contributed by atoms with Gasteiger partial charge in [0, 0.05) is 52.2 Å². The van der Waals surface area contributed by atoms with Gasteiger partial charge >= 0.3 is 0 Å². The number of aryl methyl sites for hydroxylation is 2. The van der Waals surface area contributed by atoms with E-state index in [0.717, 1.165) is 37.6 Å². The fraction of sp³-hybridized carbons (Fsp3) is 0.562. The summed E-state index contributed by atoms with van der Waals surface area (Å²) in [5.74, 6) is 0.913. The van der Waals surface area contributed by atoms with Gasteiger partial charge in [0.15, 0.2) is 5.96 Å². The lowest BCUT2D eigenvalue weighted by atomic mass is 10.1. The van der Waals surface area contributed by atoms with Gasteiger partial charge in [0.1, 0.15) is 6.10 Å². The van der Waals surface area contributed by atoms with Crippen LogP contribution in [0.2, 0.25) is 0 Å². The molecule has 0 spiro atoms. The van der Waals surface area contributed by atoms with Crippen LogP contribution in [0.3, 0.4) is 0 Å². The highest BCUT2D eigenvalue weighted by Gasteiger charge is 2.24. The molecule has 0 aromatic carbocycles. The molecule has 1 saturated heterocycles. The van der Waals surface area contributed by atoms with Crippen molar-refractivity contribution in [1.29, 1.82) is 0 Å². The summed E-state index contributed by atoms with van der Waals surface area (Å²) in [6.45, 7) is 3.12. The molecule has 1 N–H and O–H groups in total. The lowest BCUT2D eigenvalue weighted by molar-refractivity contribution is -0.00800. The van der Waals surface area contributed by atoms with Crippen molar-refractivity contribution < 1.29 is 4.74 Å². The summed E-state index contributed by atoms with van der Waals surface area (Å²) in [6, 6.07) is 0. The molecule has 3 rings (SSSR count). The Labute approximate surface area is 165 Å². The SMILES string of the molecule is CN=C(NCCc1cnn(C)c1)N1CCOC(c2cnn(C)c2)C1.I. The Morgan fingerprint density at radius 3 is 2.68 bits per heavy atom. The van der Waals surface area contributed by atoms with E-state index in [9.17, 15) is 0 Å². The van der Waals surface area contributed by atoms with Gasteiger partial charge in [-0.15, -0.1) is 24.0 Å². The minimum Gasteiger partial charge on any atom is -0.370 e. The van der Waals surface area contributed by atoms with Crippen molar-refractivity contribution in [2.24, 2.45) is 19.1 Å². The fourth-order valence-corrected chi connectivity index (χ4v) is 2.90. The first kappa shape index (κ1) is 19.7. The summed E-state index contributed by atoms with van der Waals surface area (Å²) >= 11 is 0. The van der Waals surface area contributed by atoms with Gasteiger partial charge in [-0.1, -0.05) is 0 Å².